The first kappa shape index (κ1) is 13.8. The predicted octanol–water partition coefficient (Wildman–Crippen LogP) is 3.37. The Morgan fingerprint density at radius 1 is 1.21 bits per heavy atom. The van der Waals surface area contributed by atoms with Gasteiger partial charge in [-0.15, -0.1) is 0 Å². The van der Waals surface area contributed by atoms with Gasteiger partial charge < -0.3 is 5.32 Å². The fourth-order valence-corrected chi connectivity index (χ4v) is 2.68. The summed E-state index contributed by atoms with van der Waals surface area (Å²) in [4.78, 5) is 0. The van der Waals surface area contributed by atoms with E-state index in [0.29, 0.717) is 6.04 Å². The lowest BCUT2D eigenvalue weighted by Crippen LogP contribution is -2.14. The van der Waals surface area contributed by atoms with E-state index >= 15 is 0 Å². The van der Waals surface area contributed by atoms with Crippen molar-refractivity contribution < 1.29 is 0 Å². The molecule has 1 aromatic heterocycles. The predicted molar refractivity (Wildman–Crippen MR) is 80.2 cm³/mol. The van der Waals surface area contributed by atoms with E-state index < -0.39 is 0 Å². The molecule has 1 aromatic carbocycles. The molecule has 0 aliphatic heterocycles. The zero-order chi connectivity index (χ0) is 14.0. The monoisotopic (exact) mass is 257 g/mol. The van der Waals surface area contributed by atoms with E-state index in [9.17, 15) is 0 Å². The maximum atomic E-state index is 4.48. The molecular weight excluding hydrogens is 234 g/mol. The summed E-state index contributed by atoms with van der Waals surface area (Å²) in [5, 5.41) is 7.82. The minimum Gasteiger partial charge on any atom is -0.313 e. The molecule has 3 nitrogen and oxygen atoms in total. The van der Waals surface area contributed by atoms with Crippen LogP contribution in [-0.2, 0) is 7.05 Å². The smallest absolute Gasteiger partial charge is 0.0674 e. The number of rotatable bonds is 4. The highest BCUT2D eigenvalue weighted by molar-refractivity contribution is 5.68. The van der Waals surface area contributed by atoms with Gasteiger partial charge in [0.15, 0.2) is 0 Å². The first-order valence-corrected chi connectivity index (χ1v) is 6.86. The normalized spacial score (nSPS) is 12.7. The molecule has 0 aliphatic carbocycles. The van der Waals surface area contributed by atoms with Crippen LogP contribution in [-0.4, -0.2) is 16.8 Å². The summed E-state index contributed by atoms with van der Waals surface area (Å²) in [6.07, 6.45) is 1.10. The average molecular weight is 257 g/mol. The molecule has 0 fully saturated rings. The van der Waals surface area contributed by atoms with Crippen molar-refractivity contribution in [3.63, 3.8) is 0 Å². The zero-order valence-electron chi connectivity index (χ0n) is 12.5. The van der Waals surface area contributed by atoms with Gasteiger partial charge in [-0.1, -0.05) is 31.2 Å². The van der Waals surface area contributed by atoms with Gasteiger partial charge in [0, 0.05) is 24.3 Å². The van der Waals surface area contributed by atoms with E-state index in [0.717, 1.165) is 12.1 Å². The largest absolute Gasteiger partial charge is 0.313 e. The van der Waals surface area contributed by atoms with Crippen LogP contribution in [0.5, 0.6) is 0 Å². The topological polar surface area (TPSA) is 29.9 Å². The highest BCUT2D eigenvalue weighted by Gasteiger charge is 2.12. The molecule has 1 N–H and O–H groups in total. The Morgan fingerprint density at radius 3 is 2.26 bits per heavy atom. The molecule has 0 aliphatic rings. The van der Waals surface area contributed by atoms with Crippen LogP contribution in [0.1, 0.15) is 36.3 Å². The van der Waals surface area contributed by atoms with Crippen molar-refractivity contribution in [1.29, 1.82) is 0 Å². The van der Waals surface area contributed by atoms with Crippen molar-refractivity contribution in [2.24, 2.45) is 7.05 Å². The summed E-state index contributed by atoms with van der Waals surface area (Å²) in [5.41, 5.74) is 6.15. The number of aromatic nitrogens is 2. The van der Waals surface area contributed by atoms with Crippen molar-refractivity contribution in [3.8, 4) is 11.1 Å². The molecule has 0 saturated carbocycles. The lowest BCUT2D eigenvalue weighted by atomic mass is 9.98. The maximum Gasteiger partial charge on any atom is 0.0674 e. The molecule has 0 spiro atoms. The van der Waals surface area contributed by atoms with Gasteiger partial charge in [0.05, 0.1) is 5.69 Å². The Morgan fingerprint density at radius 2 is 1.84 bits per heavy atom. The molecule has 1 heterocycles. The molecular formula is C16H23N3. The third-order valence-corrected chi connectivity index (χ3v) is 3.87. The molecule has 2 aromatic rings. The standard InChI is InChI=1S/C16H23N3/c1-6-15(17-4)13-7-9-14(10-8-13)16-11(2)18-19(5)12(16)3/h7-10,15,17H,6H2,1-5H3. The average Bonchev–Trinajstić information content (AvgIpc) is 2.66. The molecule has 0 amide bonds. The molecule has 2 rings (SSSR count). The number of benzene rings is 1. The quantitative estimate of drug-likeness (QED) is 0.910. The summed E-state index contributed by atoms with van der Waals surface area (Å²) in [6, 6.07) is 9.27. The molecule has 1 atom stereocenters. The Kier molecular flexibility index (Phi) is 4.05. The second kappa shape index (κ2) is 5.57. The van der Waals surface area contributed by atoms with Crippen LogP contribution in [0, 0.1) is 13.8 Å². The van der Waals surface area contributed by atoms with E-state index in [1.165, 1.54) is 22.4 Å². The second-order valence-corrected chi connectivity index (χ2v) is 5.04. The van der Waals surface area contributed by atoms with E-state index in [1.807, 2.05) is 18.8 Å². The molecule has 1 unspecified atom stereocenters. The number of hydrogen-bond acceptors (Lipinski definition) is 2. The molecule has 3 heteroatoms. The zero-order valence-corrected chi connectivity index (χ0v) is 12.5. The van der Waals surface area contributed by atoms with Crippen molar-refractivity contribution in [2.45, 2.75) is 33.2 Å². The van der Waals surface area contributed by atoms with Crippen molar-refractivity contribution in [3.05, 3.63) is 41.2 Å². The number of nitrogens with zero attached hydrogens (tertiary/aromatic N) is 2. The van der Waals surface area contributed by atoms with Gasteiger partial charge in [0.2, 0.25) is 0 Å². The van der Waals surface area contributed by atoms with Gasteiger partial charge in [-0.2, -0.15) is 5.10 Å². The van der Waals surface area contributed by atoms with Crippen LogP contribution in [0.2, 0.25) is 0 Å². The Bertz CT molecular complexity index is 548. The van der Waals surface area contributed by atoms with Crippen LogP contribution < -0.4 is 5.32 Å². The van der Waals surface area contributed by atoms with Gasteiger partial charge in [0.25, 0.3) is 0 Å². The molecule has 0 bridgehead atoms. The summed E-state index contributed by atoms with van der Waals surface area (Å²) < 4.78 is 1.95. The van der Waals surface area contributed by atoms with E-state index in [1.54, 1.807) is 0 Å². The number of nitrogens with one attached hydrogen (secondary N) is 1. The lowest BCUT2D eigenvalue weighted by molar-refractivity contribution is 0.577. The Balaban J connectivity index is 2.37. The highest BCUT2D eigenvalue weighted by atomic mass is 15.3. The van der Waals surface area contributed by atoms with Crippen molar-refractivity contribution in [1.82, 2.24) is 15.1 Å². The van der Waals surface area contributed by atoms with Gasteiger partial charge in [0.1, 0.15) is 0 Å². The van der Waals surface area contributed by atoms with Gasteiger partial charge in [-0.05, 0) is 38.4 Å². The third kappa shape index (κ3) is 2.56. The molecule has 19 heavy (non-hydrogen) atoms. The van der Waals surface area contributed by atoms with Crippen LogP contribution in [0.4, 0.5) is 0 Å². The van der Waals surface area contributed by atoms with Crippen LogP contribution >= 0.6 is 0 Å². The fourth-order valence-electron chi connectivity index (χ4n) is 2.68. The molecule has 0 saturated heterocycles. The minimum absolute atomic E-state index is 0.435. The number of hydrogen-bond donors (Lipinski definition) is 1. The number of aryl methyl sites for hydroxylation is 2. The van der Waals surface area contributed by atoms with E-state index in [4.69, 9.17) is 0 Å². The Labute approximate surface area is 115 Å². The second-order valence-electron chi connectivity index (χ2n) is 5.04. The van der Waals surface area contributed by atoms with Crippen molar-refractivity contribution >= 4 is 0 Å². The lowest BCUT2D eigenvalue weighted by Gasteiger charge is -2.14. The maximum absolute atomic E-state index is 4.48. The van der Waals surface area contributed by atoms with Crippen LogP contribution in [0.25, 0.3) is 11.1 Å². The highest BCUT2D eigenvalue weighted by Crippen LogP contribution is 2.28. The molecule has 102 valence electrons. The van der Waals surface area contributed by atoms with E-state index in [-0.39, 0.29) is 0 Å². The van der Waals surface area contributed by atoms with E-state index in [2.05, 4.69) is 55.5 Å². The first-order valence-electron chi connectivity index (χ1n) is 6.86. The first-order chi connectivity index (χ1) is 9.08. The minimum atomic E-state index is 0.435. The van der Waals surface area contributed by atoms with Gasteiger partial charge in [-0.3, -0.25) is 4.68 Å². The van der Waals surface area contributed by atoms with Gasteiger partial charge in [-0.25, -0.2) is 0 Å². The van der Waals surface area contributed by atoms with Crippen LogP contribution in [0.3, 0.4) is 0 Å². The summed E-state index contributed by atoms with van der Waals surface area (Å²) in [6.45, 7) is 6.38. The Hall–Kier alpha value is -1.61. The SMILES string of the molecule is CCC(NC)c1ccc(-c2c(C)nn(C)c2C)cc1. The summed E-state index contributed by atoms with van der Waals surface area (Å²) in [5.74, 6) is 0. The summed E-state index contributed by atoms with van der Waals surface area (Å²) in [7, 11) is 4.01. The summed E-state index contributed by atoms with van der Waals surface area (Å²) >= 11 is 0. The molecule has 0 radical (unpaired) electrons. The van der Waals surface area contributed by atoms with Crippen LogP contribution in [0.15, 0.2) is 24.3 Å². The van der Waals surface area contributed by atoms with Gasteiger partial charge >= 0.3 is 0 Å². The van der Waals surface area contributed by atoms with Crippen molar-refractivity contribution in [2.75, 3.05) is 7.05 Å². The third-order valence-electron chi connectivity index (χ3n) is 3.87. The fraction of sp³-hybridized carbons (Fsp3) is 0.438.